The molecule has 0 bridgehead atoms. The molecule has 1 aliphatic heterocycles. The van der Waals surface area contributed by atoms with Crippen molar-refractivity contribution in [3.05, 3.63) is 52.1 Å². The molecule has 0 saturated carbocycles. The quantitative estimate of drug-likeness (QED) is 0.374. The molecule has 1 aromatic heterocycles. The van der Waals surface area contributed by atoms with Gasteiger partial charge >= 0.3 is 0 Å². The molecule has 2 N–H and O–H groups in total. The van der Waals surface area contributed by atoms with Crippen LogP contribution in [-0.2, 0) is 21.7 Å². The van der Waals surface area contributed by atoms with Crippen LogP contribution in [0.15, 0.2) is 18.2 Å². The van der Waals surface area contributed by atoms with Crippen molar-refractivity contribution in [2.75, 3.05) is 16.8 Å². The zero-order valence-corrected chi connectivity index (χ0v) is 19.5. The van der Waals surface area contributed by atoms with Crippen LogP contribution < -0.4 is 10.6 Å². The Kier molecular flexibility index (Phi) is 6.36. The summed E-state index contributed by atoms with van der Waals surface area (Å²) in [5, 5.41) is 13.9. The minimum Gasteiger partial charge on any atom is -0.343 e. The third-order valence-electron chi connectivity index (χ3n) is 5.86. The molecule has 34 heavy (non-hydrogen) atoms. The number of sulfone groups is 1. The monoisotopic (exact) mass is 484 g/mol. The molecular formula is C23H21FN4O5S. The van der Waals surface area contributed by atoms with Gasteiger partial charge in [0.1, 0.15) is 23.1 Å². The van der Waals surface area contributed by atoms with Crippen LogP contribution in [-0.4, -0.2) is 47.6 Å². The third kappa shape index (κ3) is 4.43. The van der Waals surface area contributed by atoms with E-state index in [1.165, 1.54) is 30.7 Å². The molecule has 2 aromatic rings. The first-order valence-electron chi connectivity index (χ1n) is 10.1. The zero-order valence-electron chi connectivity index (χ0n) is 18.7. The number of aromatic nitrogens is 1. The molecule has 176 valence electrons. The number of hydrogen-bond acceptors (Lipinski definition) is 6. The standard InChI is InChI=1S/C23H21FN4O5S/c1-5-23(8-9-34(32,33)12-23)27-22(31)20(29)18-13(2)19(28(4)14(18)3)21(30)26-16-6-7-17(24)15(10-16)11-25/h1,6-7,10H,8-9,12H2,2-4H3,(H,26,30)(H,27,31)/t23-/m1/s1. The highest BCUT2D eigenvalue weighted by Crippen LogP contribution is 2.26. The highest BCUT2D eigenvalue weighted by Gasteiger charge is 2.43. The van der Waals surface area contributed by atoms with E-state index in [9.17, 15) is 27.2 Å². The van der Waals surface area contributed by atoms with Crippen LogP contribution in [0, 0.1) is 43.3 Å². The van der Waals surface area contributed by atoms with Gasteiger partial charge in [0, 0.05) is 18.4 Å². The Morgan fingerprint density at radius 2 is 1.94 bits per heavy atom. The molecule has 3 rings (SSSR count). The van der Waals surface area contributed by atoms with Crippen molar-refractivity contribution < 1.29 is 27.2 Å². The van der Waals surface area contributed by atoms with E-state index in [4.69, 9.17) is 11.7 Å². The number of ketones is 1. The lowest BCUT2D eigenvalue weighted by molar-refractivity contribution is -0.118. The summed E-state index contributed by atoms with van der Waals surface area (Å²) in [7, 11) is -1.91. The number of halogens is 1. The number of carbonyl (C=O) groups is 3. The van der Waals surface area contributed by atoms with Crippen LogP contribution >= 0.6 is 0 Å². The molecule has 0 spiro atoms. The first-order valence-corrected chi connectivity index (χ1v) is 11.9. The summed E-state index contributed by atoms with van der Waals surface area (Å²) in [5.41, 5.74) is -0.945. The molecule has 1 aromatic carbocycles. The Morgan fingerprint density at radius 1 is 1.26 bits per heavy atom. The van der Waals surface area contributed by atoms with Gasteiger partial charge in [-0.15, -0.1) is 6.42 Å². The molecule has 0 radical (unpaired) electrons. The van der Waals surface area contributed by atoms with Crippen LogP contribution in [0.2, 0.25) is 0 Å². The van der Waals surface area contributed by atoms with Crippen LogP contribution in [0.5, 0.6) is 0 Å². The van der Waals surface area contributed by atoms with E-state index in [0.29, 0.717) is 5.69 Å². The zero-order chi connectivity index (χ0) is 25.4. The summed E-state index contributed by atoms with van der Waals surface area (Å²) in [6, 6.07) is 5.18. The third-order valence-corrected chi connectivity index (χ3v) is 7.62. The van der Waals surface area contributed by atoms with Crippen LogP contribution in [0.1, 0.15) is 44.1 Å². The van der Waals surface area contributed by atoms with Gasteiger partial charge in [-0.2, -0.15) is 5.26 Å². The van der Waals surface area contributed by atoms with Gasteiger partial charge in [-0.25, -0.2) is 12.8 Å². The number of amides is 2. The number of hydrogen-bond donors (Lipinski definition) is 2. The van der Waals surface area contributed by atoms with E-state index in [0.717, 1.165) is 6.07 Å². The fourth-order valence-corrected chi connectivity index (χ4v) is 5.85. The number of nitrogens with zero attached hydrogens (tertiary/aromatic N) is 2. The Hall–Kier alpha value is -3.96. The largest absolute Gasteiger partial charge is 0.343 e. The van der Waals surface area contributed by atoms with Crippen molar-refractivity contribution >= 4 is 33.1 Å². The van der Waals surface area contributed by atoms with Crippen LogP contribution in [0.4, 0.5) is 10.1 Å². The van der Waals surface area contributed by atoms with Crippen molar-refractivity contribution in [3.63, 3.8) is 0 Å². The second kappa shape index (κ2) is 8.76. The minimum atomic E-state index is -3.44. The molecular weight excluding hydrogens is 463 g/mol. The first kappa shape index (κ1) is 24.7. The van der Waals surface area contributed by atoms with E-state index in [-0.39, 0.29) is 40.2 Å². The summed E-state index contributed by atoms with van der Waals surface area (Å²) in [5.74, 6) is -1.77. The maximum absolute atomic E-state index is 13.6. The summed E-state index contributed by atoms with van der Waals surface area (Å²) in [6.07, 6.45) is 5.46. The Balaban J connectivity index is 1.89. The van der Waals surface area contributed by atoms with Crippen molar-refractivity contribution in [1.29, 1.82) is 5.26 Å². The maximum Gasteiger partial charge on any atom is 0.293 e. The molecule has 1 aliphatic rings. The van der Waals surface area contributed by atoms with Crippen LogP contribution in [0.25, 0.3) is 0 Å². The SMILES string of the molecule is C#C[C@@]1(NC(=O)C(=O)c2c(C)c(C(=O)Nc3ccc(F)c(C#N)c3)n(C)c2C)CCS(=O)(=O)C1. The minimum absolute atomic E-state index is 0.00633. The van der Waals surface area contributed by atoms with Gasteiger partial charge in [-0.1, -0.05) is 5.92 Å². The molecule has 9 nitrogen and oxygen atoms in total. The van der Waals surface area contributed by atoms with Gasteiger partial charge in [-0.05, 0) is 44.0 Å². The van der Waals surface area contributed by atoms with E-state index >= 15 is 0 Å². The lowest BCUT2D eigenvalue weighted by atomic mass is 9.98. The molecule has 1 saturated heterocycles. The second-order valence-electron chi connectivity index (χ2n) is 8.11. The predicted octanol–water partition coefficient (Wildman–Crippen LogP) is 1.39. The number of nitrogens with one attached hydrogen (secondary N) is 2. The summed E-state index contributed by atoms with van der Waals surface area (Å²) < 4.78 is 38.7. The number of anilines is 1. The van der Waals surface area contributed by atoms with Gasteiger partial charge in [0.2, 0.25) is 0 Å². The average molecular weight is 485 g/mol. The number of Topliss-reactive ketones (excluding diaryl/α,β-unsaturated/α-hetero) is 1. The van der Waals surface area contributed by atoms with E-state index in [1.807, 2.05) is 0 Å². The lowest BCUT2D eigenvalue weighted by Gasteiger charge is -2.22. The molecule has 0 unspecified atom stereocenters. The van der Waals surface area contributed by atoms with Gasteiger partial charge in [-0.3, -0.25) is 14.4 Å². The highest BCUT2D eigenvalue weighted by molar-refractivity contribution is 7.91. The molecule has 11 heteroatoms. The fraction of sp³-hybridized carbons (Fsp3) is 0.304. The van der Waals surface area contributed by atoms with Gasteiger partial charge in [0.25, 0.3) is 17.6 Å². The van der Waals surface area contributed by atoms with Crippen LogP contribution in [0.3, 0.4) is 0 Å². The van der Waals surface area contributed by atoms with Gasteiger partial charge < -0.3 is 15.2 Å². The number of nitriles is 1. The number of carbonyl (C=O) groups excluding carboxylic acids is 3. The molecule has 2 heterocycles. The normalized spacial score (nSPS) is 18.5. The van der Waals surface area contributed by atoms with E-state index in [1.54, 1.807) is 13.0 Å². The Labute approximate surface area is 195 Å². The van der Waals surface area contributed by atoms with E-state index < -0.39 is 44.5 Å². The first-order chi connectivity index (χ1) is 15.8. The number of rotatable bonds is 5. The van der Waals surface area contributed by atoms with E-state index in [2.05, 4.69) is 16.6 Å². The van der Waals surface area contributed by atoms with Crippen molar-refractivity contribution in [3.8, 4) is 18.4 Å². The highest BCUT2D eigenvalue weighted by atomic mass is 32.2. The second-order valence-corrected chi connectivity index (χ2v) is 10.3. The molecule has 0 aliphatic carbocycles. The predicted molar refractivity (Wildman–Crippen MR) is 121 cm³/mol. The average Bonchev–Trinajstić information content (AvgIpc) is 3.20. The maximum atomic E-state index is 13.6. The Morgan fingerprint density at radius 3 is 2.50 bits per heavy atom. The van der Waals surface area contributed by atoms with Gasteiger partial charge in [0.15, 0.2) is 9.84 Å². The molecule has 2 amide bonds. The molecule has 1 atom stereocenters. The number of benzene rings is 1. The van der Waals surface area contributed by atoms with Crippen molar-refractivity contribution in [2.24, 2.45) is 7.05 Å². The smallest absolute Gasteiger partial charge is 0.293 e. The summed E-state index contributed by atoms with van der Waals surface area (Å²) >= 11 is 0. The number of terminal acetylenes is 1. The Bertz CT molecular complexity index is 1430. The van der Waals surface area contributed by atoms with Crippen molar-refractivity contribution in [1.82, 2.24) is 9.88 Å². The van der Waals surface area contributed by atoms with Crippen molar-refractivity contribution in [2.45, 2.75) is 25.8 Å². The van der Waals surface area contributed by atoms with Gasteiger partial charge in [0.05, 0.1) is 22.6 Å². The molecule has 1 fully saturated rings. The summed E-state index contributed by atoms with van der Waals surface area (Å²) in [4.78, 5) is 38.7. The summed E-state index contributed by atoms with van der Waals surface area (Å²) in [6.45, 7) is 3.04. The topological polar surface area (TPSA) is 138 Å². The lowest BCUT2D eigenvalue weighted by Crippen LogP contribution is -2.50. The fourth-order valence-electron chi connectivity index (χ4n) is 4.00.